The first-order chi connectivity index (χ1) is 7.61. The molecular formula is C13H17F2N. The van der Waals surface area contributed by atoms with Crippen LogP contribution in [-0.4, -0.2) is 12.6 Å². The van der Waals surface area contributed by atoms with Gasteiger partial charge in [-0.1, -0.05) is 6.92 Å². The van der Waals surface area contributed by atoms with Crippen molar-refractivity contribution in [3.8, 4) is 0 Å². The molecular weight excluding hydrogens is 208 g/mol. The Morgan fingerprint density at radius 3 is 2.56 bits per heavy atom. The maximum Gasteiger partial charge on any atom is 0.127 e. The van der Waals surface area contributed by atoms with E-state index >= 15 is 0 Å². The molecule has 0 saturated heterocycles. The molecule has 1 nitrogen and oxygen atoms in total. The van der Waals surface area contributed by atoms with E-state index in [4.69, 9.17) is 0 Å². The summed E-state index contributed by atoms with van der Waals surface area (Å²) >= 11 is 0. The van der Waals surface area contributed by atoms with Crippen LogP contribution >= 0.6 is 0 Å². The summed E-state index contributed by atoms with van der Waals surface area (Å²) in [5.41, 5.74) is 0.918. The summed E-state index contributed by atoms with van der Waals surface area (Å²) in [4.78, 5) is 0. The van der Waals surface area contributed by atoms with Gasteiger partial charge in [0.15, 0.2) is 0 Å². The molecule has 3 heteroatoms. The summed E-state index contributed by atoms with van der Waals surface area (Å²) in [7, 11) is 0. The van der Waals surface area contributed by atoms with Crippen LogP contribution in [0.3, 0.4) is 0 Å². The molecule has 0 aliphatic heterocycles. The fourth-order valence-corrected chi connectivity index (χ4v) is 2.30. The topological polar surface area (TPSA) is 12.0 Å². The van der Waals surface area contributed by atoms with Crippen molar-refractivity contribution in [3.63, 3.8) is 0 Å². The Bertz CT molecular complexity index is 384. The minimum atomic E-state index is -0.302. The van der Waals surface area contributed by atoms with E-state index < -0.39 is 0 Å². The Labute approximate surface area is 94.9 Å². The molecule has 1 aliphatic rings. The smallest absolute Gasteiger partial charge is 0.127 e. The van der Waals surface area contributed by atoms with Crippen molar-refractivity contribution in [3.05, 3.63) is 34.9 Å². The number of aryl methyl sites for hydroxylation is 1. The molecule has 0 heterocycles. The van der Waals surface area contributed by atoms with E-state index in [0.717, 1.165) is 19.4 Å². The van der Waals surface area contributed by atoms with Gasteiger partial charge < -0.3 is 5.32 Å². The van der Waals surface area contributed by atoms with Crippen molar-refractivity contribution in [2.45, 2.75) is 38.6 Å². The van der Waals surface area contributed by atoms with Gasteiger partial charge in [-0.3, -0.25) is 0 Å². The van der Waals surface area contributed by atoms with Crippen LogP contribution in [0.4, 0.5) is 8.78 Å². The highest BCUT2D eigenvalue weighted by Crippen LogP contribution is 2.38. The summed E-state index contributed by atoms with van der Waals surface area (Å²) in [6, 6.07) is 3.13. The predicted octanol–water partition coefficient (Wildman–Crippen LogP) is 3.13. The summed E-state index contributed by atoms with van der Waals surface area (Å²) in [6.07, 6.45) is 1.82. The molecule has 1 fully saturated rings. The van der Waals surface area contributed by atoms with Crippen LogP contribution in [0.5, 0.6) is 0 Å². The quantitative estimate of drug-likeness (QED) is 0.833. The Hall–Kier alpha value is -0.960. The molecule has 0 amide bonds. The Balaban J connectivity index is 2.09. The van der Waals surface area contributed by atoms with Crippen LogP contribution in [0, 0.1) is 18.6 Å². The number of nitrogens with one attached hydrogen (secondary N) is 1. The maximum atomic E-state index is 13.6. The SMILES string of the molecule is CCNC1CC(c2cc(F)c(C)cc2F)C1. The highest BCUT2D eigenvalue weighted by atomic mass is 19.1. The lowest BCUT2D eigenvalue weighted by Crippen LogP contribution is -2.40. The van der Waals surface area contributed by atoms with E-state index in [1.165, 1.54) is 12.1 Å². The molecule has 1 N–H and O–H groups in total. The third-order valence-electron chi connectivity index (χ3n) is 3.35. The van der Waals surface area contributed by atoms with Crippen molar-refractivity contribution in [2.75, 3.05) is 6.54 Å². The van der Waals surface area contributed by atoms with E-state index in [1.807, 2.05) is 0 Å². The van der Waals surface area contributed by atoms with Crippen LogP contribution in [-0.2, 0) is 0 Å². The highest BCUT2D eigenvalue weighted by molar-refractivity contribution is 5.30. The molecule has 1 saturated carbocycles. The van der Waals surface area contributed by atoms with Gasteiger partial charge in [-0.05, 0) is 55.5 Å². The molecule has 2 rings (SSSR count). The number of benzene rings is 1. The summed E-state index contributed by atoms with van der Waals surface area (Å²) < 4.78 is 27.0. The van der Waals surface area contributed by atoms with Gasteiger partial charge >= 0.3 is 0 Å². The van der Waals surface area contributed by atoms with Crippen LogP contribution in [0.15, 0.2) is 12.1 Å². The molecule has 16 heavy (non-hydrogen) atoms. The Kier molecular flexibility index (Phi) is 3.24. The van der Waals surface area contributed by atoms with Gasteiger partial charge in [0, 0.05) is 6.04 Å². The third-order valence-corrected chi connectivity index (χ3v) is 3.35. The largest absolute Gasteiger partial charge is 0.314 e. The van der Waals surface area contributed by atoms with Crippen molar-refractivity contribution < 1.29 is 8.78 Å². The second kappa shape index (κ2) is 4.50. The van der Waals surface area contributed by atoms with Crippen LogP contribution < -0.4 is 5.32 Å². The zero-order valence-electron chi connectivity index (χ0n) is 9.69. The standard InChI is InChI=1S/C13H17F2N/c1-3-16-10-5-9(6-10)11-7-12(14)8(2)4-13(11)15/h4,7,9-10,16H,3,5-6H2,1-2H3. The fraction of sp³-hybridized carbons (Fsp3) is 0.538. The zero-order chi connectivity index (χ0) is 11.7. The highest BCUT2D eigenvalue weighted by Gasteiger charge is 2.31. The Morgan fingerprint density at radius 1 is 1.25 bits per heavy atom. The first kappa shape index (κ1) is 11.5. The molecule has 0 radical (unpaired) electrons. The van der Waals surface area contributed by atoms with Gasteiger partial charge in [0.25, 0.3) is 0 Å². The first-order valence-corrected chi connectivity index (χ1v) is 5.80. The van der Waals surface area contributed by atoms with Crippen molar-refractivity contribution in [1.29, 1.82) is 0 Å². The molecule has 88 valence electrons. The van der Waals surface area contributed by atoms with Crippen LogP contribution in [0.25, 0.3) is 0 Å². The van der Waals surface area contributed by atoms with E-state index in [-0.39, 0.29) is 17.6 Å². The third kappa shape index (κ3) is 2.09. The molecule has 1 aromatic carbocycles. The van der Waals surface area contributed by atoms with Gasteiger partial charge in [-0.2, -0.15) is 0 Å². The van der Waals surface area contributed by atoms with Gasteiger partial charge in [0.05, 0.1) is 0 Å². The van der Waals surface area contributed by atoms with E-state index in [2.05, 4.69) is 12.2 Å². The number of halogens is 2. The summed E-state index contributed by atoms with van der Waals surface area (Å²) in [6.45, 7) is 4.58. The van der Waals surface area contributed by atoms with Crippen LogP contribution in [0.2, 0.25) is 0 Å². The second-order valence-corrected chi connectivity index (χ2v) is 4.55. The Morgan fingerprint density at radius 2 is 1.94 bits per heavy atom. The van der Waals surface area contributed by atoms with Crippen molar-refractivity contribution in [2.24, 2.45) is 0 Å². The van der Waals surface area contributed by atoms with Crippen molar-refractivity contribution >= 4 is 0 Å². The van der Waals surface area contributed by atoms with Gasteiger partial charge in [-0.15, -0.1) is 0 Å². The number of rotatable bonds is 3. The lowest BCUT2D eigenvalue weighted by molar-refractivity contribution is 0.289. The van der Waals surface area contributed by atoms with Gasteiger partial charge in [0.2, 0.25) is 0 Å². The monoisotopic (exact) mass is 225 g/mol. The normalized spacial score (nSPS) is 24.2. The molecule has 0 bridgehead atoms. The number of hydrogen-bond donors (Lipinski definition) is 1. The number of hydrogen-bond acceptors (Lipinski definition) is 1. The van der Waals surface area contributed by atoms with E-state index in [9.17, 15) is 8.78 Å². The van der Waals surface area contributed by atoms with Gasteiger partial charge in [-0.25, -0.2) is 8.78 Å². The van der Waals surface area contributed by atoms with Crippen LogP contribution in [0.1, 0.15) is 36.8 Å². The minimum absolute atomic E-state index is 0.180. The van der Waals surface area contributed by atoms with E-state index in [1.54, 1.807) is 6.92 Å². The average molecular weight is 225 g/mol. The lowest BCUT2D eigenvalue weighted by Gasteiger charge is -2.36. The second-order valence-electron chi connectivity index (χ2n) is 4.55. The fourth-order valence-electron chi connectivity index (χ4n) is 2.30. The van der Waals surface area contributed by atoms with Crippen molar-refractivity contribution in [1.82, 2.24) is 5.32 Å². The average Bonchev–Trinajstić information content (AvgIpc) is 2.17. The molecule has 0 spiro atoms. The summed E-state index contributed by atoms with van der Waals surface area (Å²) in [5.74, 6) is -0.388. The summed E-state index contributed by atoms with van der Waals surface area (Å²) in [5, 5.41) is 3.31. The first-order valence-electron chi connectivity index (χ1n) is 5.80. The minimum Gasteiger partial charge on any atom is -0.314 e. The maximum absolute atomic E-state index is 13.6. The molecule has 0 aromatic heterocycles. The predicted molar refractivity (Wildman–Crippen MR) is 60.5 cm³/mol. The molecule has 1 aromatic rings. The molecule has 0 unspecified atom stereocenters. The zero-order valence-corrected chi connectivity index (χ0v) is 9.69. The van der Waals surface area contributed by atoms with Gasteiger partial charge in [0.1, 0.15) is 11.6 Å². The lowest BCUT2D eigenvalue weighted by atomic mass is 9.75. The molecule has 1 aliphatic carbocycles. The molecule has 0 atom stereocenters. The van der Waals surface area contributed by atoms with E-state index in [0.29, 0.717) is 17.2 Å².